The molecule has 1 saturated carbocycles. The van der Waals surface area contributed by atoms with Crippen LogP contribution < -0.4 is 5.32 Å². The van der Waals surface area contributed by atoms with Crippen molar-refractivity contribution in [1.29, 1.82) is 0 Å². The number of aliphatic hydroxyl groups excluding tert-OH is 1. The highest BCUT2D eigenvalue weighted by molar-refractivity contribution is 5.78. The first kappa shape index (κ1) is 13.9. The van der Waals surface area contributed by atoms with Crippen LogP contribution >= 0.6 is 0 Å². The summed E-state index contributed by atoms with van der Waals surface area (Å²) in [6, 6.07) is 6.71. The van der Waals surface area contributed by atoms with Crippen molar-refractivity contribution in [2.75, 3.05) is 6.54 Å². The number of carbonyl (C=O) groups is 1. The number of hydrogen-bond donors (Lipinski definition) is 3. The van der Waals surface area contributed by atoms with E-state index >= 15 is 0 Å². The maximum absolute atomic E-state index is 11.8. The number of rotatable bonds is 4. The fourth-order valence-corrected chi connectivity index (χ4v) is 2.59. The van der Waals surface area contributed by atoms with E-state index in [4.69, 9.17) is 0 Å². The molecule has 4 heteroatoms. The number of nitrogens with one attached hydrogen (secondary N) is 1. The minimum Gasteiger partial charge on any atom is -0.508 e. The molecule has 1 aliphatic carbocycles. The van der Waals surface area contributed by atoms with Crippen molar-refractivity contribution in [3.63, 3.8) is 0 Å². The molecule has 0 heterocycles. The lowest BCUT2D eigenvalue weighted by Gasteiger charge is -2.27. The molecule has 2 atom stereocenters. The Bertz CT molecular complexity index is 433. The van der Waals surface area contributed by atoms with Gasteiger partial charge >= 0.3 is 0 Å². The zero-order chi connectivity index (χ0) is 13.7. The van der Waals surface area contributed by atoms with Crippen LogP contribution in [0.2, 0.25) is 0 Å². The Hall–Kier alpha value is -1.55. The number of carbonyl (C=O) groups excluding carboxylic acids is 1. The zero-order valence-electron chi connectivity index (χ0n) is 11.0. The number of phenolic OH excluding ortho intramolecular Hbond substituents is 1. The molecule has 0 aromatic heterocycles. The summed E-state index contributed by atoms with van der Waals surface area (Å²) in [7, 11) is 0. The monoisotopic (exact) mass is 263 g/mol. The molecule has 1 amide bonds. The van der Waals surface area contributed by atoms with Gasteiger partial charge in [-0.1, -0.05) is 25.0 Å². The fourth-order valence-electron chi connectivity index (χ4n) is 2.59. The van der Waals surface area contributed by atoms with Crippen molar-refractivity contribution in [3.8, 4) is 5.75 Å². The predicted octanol–water partition coefficient (Wildman–Crippen LogP) is 1.60. The molecule has 0 spiro atoms. The minimum atomic E-state index is -0.283. The van der Waals surface area contributed by atoms with Crippen molar-refractivity contribution >= 4 is 5.91 Å². The lowest BCUT2D eigenvalue weighted by atomic mass is 9.86. The molecular weight excluding hydrogens is 242 g/mol. The van der Waals surface area contributed by atoms with Crippen LogP contribution in [-0.2, 0) is 11.2 Å². The largest absolute Gasteiger partial charge is 0.508 e. The van der Waals surface area contributed by atoms with Crippen molar-refractivity contribution in [2.45, 2.75) is 38.2 Å². The second-order valence-electron chi connectivity index (χ2n) is 5.26. The van der Waals surface area contributed by atoms with Crippen LogP contribution in [0.4, 0.5) is 0 Å². The Labute approximate surface area is 113 Å². The van der Waals surface area contributed by atoms with E-state index in [1.807, 2.05) is 6.07 Å². The van der Waals surface area contributed by atoms with Gasteiger partial charge in [0, 0.05) is 12.5 Å². The molecule has 104 valence electrons. The van der Waals surface area contributed by atoms with E-state index in [1.54, 1.807) is 18.2 Å². The van der Waals surface area contributed by atoms with Crippen molar-refractivity contribution in [3.05, 3.63) is 29.8 Å². The molecule has 4 nitrogen and oxygen atoms in total. The molecular formula is C15H21NO3. The smallest absolute Gasteiger partial charge is 0.224 e. The third kappa shape index (κ3) is 4.24. The molecule has 2 rings (SSSR count). The summed E-state index contributed by atoms with van der Waals surface area (Å²) < 4.78 is 0. The standard InChI is InChI=1S/C15H21NO3/c17-13-6-3-4-11(8-13)9-15(19)16-10-12-5-1-2-7-14(12)18/h3-4,6,8,12,14,17-18H,1-2,5,7,9-10H2,(H,16,19). The highest BCUT2D eigenvalue weighted by Gasteiger charge is 2.23. The van der Waals surface area contributed by atoms with E-state index in [0.717, 1.165) is 31.2 Å². The Balaban J connectivity index is 1.78. The van der Waals surface area contributed by atoms with Gasteiger partial charge in [0.1, 0.15) is 5.75 Å². The summed E-state index contributed by atoms with van der Waals surface area (Å²) in [6.45, 7) is 0.540. The number of hydrogen-bond acceptors (Lipinski definition) is 3. The van der Waals surface area contributed by atoms with Crippen molar-refractivity contribution in [1.82, 2.24) is 5.32 Å². The molecule has 0 radical (unpaired) electrons. The third-order valence-electron chi connectivity index (χ3n) is 3.71. The fraction of sp³-hybridized carbons (Fsp3) is 0.533. The molecule has 2 unspecified atom stereocenters. The van der Waals surface area contributed by atoms with Crippen LogP contribution in [0.5, 0.6) is 5.75 Å². The number of amides is 1. The normalized spacial score (nSPS) is 23.0. The van der Waals surface area contributed by atoms with Crippen LogP contribution in [0.1, 0.15) is 31.2 Å². The Morgan fingerprint density at radius 1 is 1.32 bits per heavy atom. The van der Waals surface area contributed by atoms with E-state index in [-0.39, 0.29) is 30.1 Å². The first-order chi connectivity index (χ1) is 9.15. The van der Waals surface area contributed by atoms with E-state index in [9.17, 15) is 15.0 Å². The van der Waals surface area contributed by atoms with Crippen LogP contribution in [0.15, 0.2) is 24.3 Å². The summed E-state index contributed by atoms with van der Waals surface area (Å²) in [5, 5.41) is 22.0. The van der Waals surface area contributed by atoms with Crippen molar-refractivity contribution in [2.24, 2.45) is 5.92 Å². The number of aliphatic hydroxyl groups is 1. The Kier molecular flexibility index (Phi) is 4.80. The molecule has 1 fully saturated rings. The zero-order valence-corrected chi connectivity index (χ0v) is 11.0. The topological polar surface area (TPSA) is 69.6 Å². The van der Waals surface area contributed by atoms with Crippen molar-refractivity contribution < 1.29 is 15.0 Å². The molecule has 1 aliphatic rings. The van der Waals surface area contributed by atoms with Crippen LogP contribution in [0, 0.1) is 5.92 Å². The van der Waals surface area contributed by atoms with Gasteiger partial charge in [-0.05, 0) is 30.5 Å². The molecule has 1 aromatic carbocycles. The van der Waals surface area contributed by atoms with Gasteiger partial charge < -0.3 is 15.5 Å². The molecule has 0 aliphatic heterocycles. The number of phenols is 1. The molecule has 3 N–H and O–H groups in total. The van der Waals surface area contributed by atoms with Crippen LogP contribution in [0.3, 0.4) is 0 Å². The molecule has 0 bridgehead atoms. The van der Waals surface area contributed by atoms with E-state index in [0.29, 0.717) is 6.54 Å². The van der Waals surface area contributed by atoms with Gasteiger partial charge in [0.2, 0.25) is 5.91 Å². The van der Waals surface area contributed by atoms with E-state index in [2.05, 4.69) is 5.32 Å². The first-order valence-electron chi connectivity index (χ1n) is 6.88. The SMILES string of the molecule is O=C(Cc1cccc(O)c1)NCC1CCCCC1O. The lowest BCUT2D eigenvalue weighted by Crippen LogP contribution is -2.37. The first-order valence-corrected chi connectivity index (χ1v) is 6.88. The second-order valence-corrected chi connectivity index (χ2v) is 5.26. The summed E-state index contributed by atoms with van der Waals surface area (Å²) in [5.74, 6) is 0.290. The summed E-state index contributed by atoms with van der Waals surface area (Å²) in [5.41, 5.74) is 0.793. The Morgan fingerprint density at radius 2 is 2.11 bits per heavy atom. The average Bonchev–Trinajstić information content (AvgIpc) is 2.38. The third-order valence-corrected chi connectivity index (χ3v) is 3.71. The van der Waals surface area contributed by atoms with Gasteiger partial charge in [0.05, 0.1) is 12.5 Å². The molecule has 0 saturated heterocycles. The van der Waals surface area contributed by atoms with Gasteiger partial charge in [-0.25, -0.2) is 0 Å². The maximum Gasteiger partial charge on any atom is 0.224 e. The summed E-state index contributed by atoms with van der Waals surface area (Å²) in [6.07, 6.45) is 4.01. The minimum absolute atomic E-state index is 0.0663. The molecule has 19 heavy (non-hydrogen) atoms. The van der Waals surface area contributed by atoms with Crippen LogP contribution in [-0.4, -0.2) is 28.8 Å². The van der Waals surface area contributed by atoms with Gasteiger partial charge in [-0.15, -0.1) is 0 Å². The second kappa shape index (κ2) is 6.57. The lowest BCUT2D eigenvalue weighted by molar-refractivity contribution is -0.120. The van der Waals surface area contributed by atoms with E-state index in [1.165, 1.54) is 0 Å². The van der Waals surface area contributed by atoms with Gasteiger partial charge in [0.15, 0.2) is 0 Å². The number of benzene rings is 1. The summed E-state index contributed by atoms with van der Waals surface area (Å²) >= 11 is 0. The van der Waals surface area contributed by atoms with Crippen LogP contribution in [0.25, 0.3) is 0 Å². The average molecular weight is 263 g/mol. The van der Waals surface area contributed by atoms with Gasteiger partial charge in [-0.3, -0.25) is 4.79 Å². The van der Waals surface area contributed by atoms with E-state index < -0.39 is 0 Å². The maximum atomic E-state index is 11.8. The number of aromatic hydroxyl groups is 1. The Morgan fingerprint density at radius 3 is 2.84 bits per heavy atom. The quantitative estimate of drug-likeness (QED) is 0.773. The van der Waals surface area contributed by atoms with Gasteiger partial charge in [-0.2, -0.15) is 0 Å². The summed E-state index contributed by atoms with van der Waals surface area (Å²) in [4.78, 5) is 11.8. The molecule has 1 aromatic rings. The highest BCUT2D eigenvalue weighted by Crippen LogP contribution is 2.23. The highest BCUT2D eigenvalue weighted by atomic mass is 16.3. The van der Waals surface area contributed by atoms with Gasteiger partial charge in [0.25, 0.3) is 0 Å². The predicted molar refractivity (Wildman–Crippen MR) is 72.8 cm³/mol.